The van der Waals surface area contributed by atoms with Crippen molar-refractivity contribution in [3.8, 4) is 0 Å². The van der Waals surface area contributed by atoms with Gasteiger partial charge in [0.25, 0.3) is 0 Å². The predicted octanol–water partition coefficient (Wildman–Crippen LogP) is 3.09. The first-order valence-electron chi connectivity index (χ1n) is 10.3. The highest BCUT2D eigenvalue weighted by molar-refractivity contribution is 6.01. The van der Waals surface area contributed by atoms with E-state index in [1.165, 1.54) is 0 Å². The zero-order valence-corrected chi connectivity index (χ0v) is 17.1. The largest absolute Gasteiger partial charge is 0.412 e. The van der Waals surface area contributed by atoms with Gasteiger partial charge in [-0.1, -0.05) is 30.3 Å². The number of anilines is 1. The summed E-state index contributed by atoms with van der Waals surface area (Å²) < 4.78 is 7.79. The third-order valence-corrected chi connectivity index (χ3v) is 5.81. The summed E-state index contributed by atoms with van der Waals surface area (Å²) in [4.78, 5) is 17.2. The lowest BCUT2D eigenvalue weighted by Crippen LogP contribution is -2.29. The van der Waals surface area contributed by atoms with Gasteiger partial charge in [-0.3, -0.25) is 4.79 Å². The number of carbonyl (C=O) groups is 1. The van der Waals surface area contributed by atoms with Crippen LogP contribution in [0.4, 0.5) is 5.69 Å². The van der Waals surface area contributed by atoms with Gasteiger partial charge in [0.05, 0.1) is 12.3 Å². The number of rotatable bonds is 7. The molecule has 0 unspecified atom stereocenters. The van der Waals surface area contributed by atoms with Crippen molar-refractivity contribution in [1.82, 2.24) is 9.55 Å². The highest BCUT2D eigenvalue weighted by Crippen LogP contribution is 2.30. The Hall–Kier alpha value is -2.74. The molecule has 0 atom stereocenters. The maximum Gasteiger partial charge on any atom is 0.227 e. The number of nitrogens with two attached hydrogens (primary N) is 1. The first-order chi connectivity index (χ1) is 14.2. The van der Waals surface area contributed by atoms with Crippen molar-refractivity contribution < 1.29 is 15.0 Å². The number of hydrogen-bond acceptors (Lipinski definition) is 4. The van der Waals surface area contributed by atoms with Gasteiger partial charge in [-0.05, 0) is 55.8 Å². The van der Waals surface area contributed by atoms with Crippen LogP contribution in [0.15, 0.2) is 54.9 Å². The Labute approximate surface area is 176 Å². The number of hydrogen-bond donors (Lipinski definition) is 2. The van der Waals surface area contributed by atoms with Crippen molar-refractivity contribution in [1.29, 1.82) is 0 Å². The van der Waals surface area contributed by atoms with Gasteiger partial charge in [0.1, 0.15) is 12.4 Å². The zero-order chi connectivity index (χ0) is 20.1. The molecule has 2 aromatic heterocycles. The molecule has 0 spiro atoms. The molecule has 3 aromatic rings. The van der Waals surface area contributed by atoms with E-state index in [0.29, 0.717) is 19.3 Å². The second-order valence-corrected chi connectivity index (χ2v) is 7.79. The van der Waals surface area contributed by atoms with Crippen LogP contribution in [0.5, 0.6) is 0 Å². The normalized spacial score (nSPS) is 18.7. The van der Waals surface area contributed by atoms with Crippen LogP contribution in [-0.2, 0) is 22.9 Å². The molecule has 160 valence electrons. The maximum absolute atomic E-state index is 12.7. The molecule has 1 fully saturated rings. The second kappa shape index (κ2) is 10.3. The predicted molar refractivity (Wildman–Crippen MR) is 118 cm³/mol. The number of pyridine rings is 1. The highest BCUT2D eigenvalue weighted by atomic mass is 16.5. The Morgan fingerprint density at radius 2 is 1.90 bits per heavy atom. The Morgan fingerprint density at radius 3 is 2.63 bits per heavy atom. The molecule has 0 aliphatic heterocycles. The number of amides is 1. The fourth-order valence-corrected chi connectivity index (χ4v) is 4.03. The molecule has 1 aliphatic rings. The molecule has 2 heterocycles. The molecule has 0 radical (unpaired) electrons. The fraction of sp³-hybridized carbons (Fsp3) is 0.391. The number of ether oxygens (including phenoxy) is 1. The van der Waals surface area contributed by atoms with Crippen molar-refractivity contribution in [3.63, 3.8) is 0 Å². The number of nitrogens with one attached hydrogen (secondary N) is 1. The topological polar surface area (TPSA) is 114 Å². The summed E-state index contributed by atoms with van der Waals surface area (Å²) in [5.41, 5.74) is 8.51. The van der Waals surface area contributed by atoms with Crippen LogP contribution < -0.4 is 11.1 Å². The number of carbonyl (C=O) groups excluding carboxylic acids is 1. The summed E-state index contributed by atoms with van der Waals surface area (Å²) in [7, 11) is 0. The van der Waals surface area contributed by atoms with Crippen molar-refractivity contribution >= 4 is 22.6 Å². The number of nitrogens with zero attached hydrogens (tertiary/aromatic N) is 2. The number of benzene rings is 1. The zero-order valence-electron chi connectivity index (χ0n) is 17.1. The minimum absolute atomic E-state index is 0. The van der Waals surface area contributed by atoms with Crippen molar-refractivity contribution in [2.24, 2.45) is 17.6 Å². The molecule has 0 bridgehead atoms. The van der Waals surface area contributed by atoms with E-state index < -0.39 is 0 Å². The lowest BCUT2D eigenvalue weighted by atomic mass is 9.81. The molecule has 1 amide bonds. The van der Waals surface area contributed by atoms with Crippen LogP contribution in [0.2, 0.25) is 0 Å². The molecule has 7 heteroatoms. The van der Waals surface area contributed by atoms with Gasteiger partial charge < -0.3 is 25.8 Å². The third-order valence-electron chi connectivity index (χ3n) is 5.81. The van der Waals surface area contributed by atoms with Crippen LogP contribution in [0, 0.1) is 11.8 Å². The van der Waals surface area contributed by atoms with E-state index in [2.05, 4.69) is 10.3 Å². The summed E-state index contributed by atoms with van der Waals surface area (Å²) in [5.74, 6) is 0.731. The van der Waals surface area contributed by atoms with Crippen molar-refractivity contribution in [2.75, 3.05) is 11.9 Å². The van der Waals surface area contributed by atoms with Crippen LogP contribution >= 0.6 is 0 Å². The van der Waals surface area contributed by atoms with Crippen molar-refractivity contribution in [3.05, 3.63) is 60.4 Å². The Morgan fingerprint density at radius 1 is 1.13 bits per heavy atom. The van der Waals surface area contributed by atoms with E-state index in [0.717, 1.165) is 54.5 Å². The van der Waals surface area contributed by atoms with Crippen LogP contribution in [0.25, 0.3) is 11.0 Å². The molecule has 1 aliphatic carbocycles. The lowest BCUT2D eigenvalue weighted by molar-refractivity contribution is -0.121. The minimum Gasteiger partial charge on any atom is -0.412 e. The summed E-state index contributed by atoms with van der Waals surface area (Å²) in [5, 5.41) is 4.05. The smallest absolute Gasteiger partial charge is 0.227 e. The maximum atomic E-state index is 12.7. The van der Waals surface area contributed by atoms with E-state index >= 15 is 0 Å². The fourth-order valence-electron chi connectivity index (χ4n) is 4.03. The highest BCUT2D eigenvalue weighted by Gasteiger charge is 2.26. The molecule has 4 rings (SSSR count). The second-order valence-electron chi connectivity index (χ2n) is 7.79. The van der Waals surface area contributed by atoms with Crippen LogP contribution in [0.1, 0.15) is 31.2 Å². The SMILES string of the molecule is NC[C@H]1CC[C@H](C(=O)Nc2ccnc3c2ccn3COCc2ccccc2)CC1.O. The monoisotopic (exact) mass is 410 g/mol. The molecular weight excluding hydrogens is 380 g/mol. The van der Waals surface area contributed by atoms with Gasteiger partial charge in [0.2, 0.25) is 5.91 Å². The van der Waals surface area contributed by atoms with Gasteiger partial charge in [-0.2, -0.15) is 0 Å². The molecule has 30 heavy (non-hydrogen) atoms. The van der Waals surface area contributed by atoms with Gasteiger partial charge in [-0.25, -0.2) is 4.98 Å². The number of fused-ring (bicyclic) bond motifs is 1. The Balaban J connectivity index is 0.00000256. The van der Waals surface area contributed by atoms with E-state index in [1.54, 1.807) is 6.20 Å². The van der Waals surface area contributed by atoms with Gasteiger partial charge in [0, 0.05) is 23.7 Å². The summed E-state index contributed by atoms with van der Waals surface area (Å²) in [6.45, 7) is 1.67. The lowest BCUT2D eigenvalue weighted by Gasteiger charge is -2.26. The quantitative estimate of drug-likeness (QED) is 0.623. The van der Waals surface area contributed by atoms with E-state index in [9.17, 15) is 4.79 Å². The van der Waals surface area contributed by atoms with E-state index in [1.807, 2.05) is 53.2 Å². The third kappa shape index (κ3) is 5.05. The average Bonchev–Trinajstić information content (AvgIpc) is 3.19. The molecule has 0 saturated heterocycles. The Kier molecular flexibility index (Phi) is 7.57. The van der Waals surface area contributed by atoms with Gasteiger partial charge >= 0.3 is 0 Å². The molecule has 5 N–H and O–H groups in total. The summed E-state index contributed by atoms with van der Waals surface area (Å²) >= 11 is 0. The van der Waals surface area contributed by atoms with Crippen molar-refractivity contribution in [2.45, 2.75) is 39.0 Å². The average molecular weight is 411 g/mol. The summed E-state index contributed by atoms with van der Waals surface area (Å²) in [6.07, 6.45) is 7.58. The standard InChI is InChI=1S/C23H28N4O2.H2O/c24-14-17-6-8-19(9-7-17)23(28)26-21-10-12-25-22-20(21)11-13-27(22)16-29-15-18-4-2-1-3-5-18;/h1-5,10-13,17,19H,6-9,14-16,24H2,(H,25,26,28);1H2/t17-,19-;. The van der Waals surface area contributed by atoms with E-state index in [-0.39, 0.29) is 17.3 Å². The van der Waals surface area contributed by atoms with Crippen LogP contribution in [-0.4, -0.2) is 27.5 Å². The molecule has 1 aromatic carbocycles. The van der Waals surface area contributed by atoms with Gasteiger partial charge in [-0.15, -0.1) is 0 Å². The molecule has 7 nitrogen and oxygen atoms in total. The first kappa shape index (κ1) is 22.0. The Bertz CT molecular complexity index is 949. The summed E-state index contributed by atoms with van der Waals surface area (Å²) in [6, 6.07) is 13.9. The molecule has 1 saturated carbocycles. The van der Waals surface area contributed by atoms with E-state index in [4.69, 9.17) is 10.5 Å². The van der Waals surface area contributed by atoms with Gasteiger partial charge in [0.15, 0.2) is 0 Å². The van der Waals surface area contributed by atoms with Crippen LogP contribution in [0.3, 0.4) is 0 Å². The minimum atomic E-state index is 0. The molecular formula is C23H30N4O3. The first-order valence-corrected chi connectivity index (χ1v) is 10.3. The number of aromatic nitrogens is 2.